The molecule has 0 atom stereocenters. The minimum Gasteiger partial charge on any atom is -0.371 e. The van der Waals surface area contributed by atoms with Gasteiger partial charge in [0.05, 0.1) is 5.84 Å². The molecule has 2 heteroatoms. The minimum atomic E-state index is 0.536. The minimum absolute atomic E-state index is 0.536. The van der Waals surface area contributed by atoms with E-state index in [-0.39, 0.29) is 0 Å². The molecular formula is C10H22N2. The summed E-state index contributed by atoms with van der Waals surface area (Å²) in [5, 5.41) is 3.42. The highest BCUT2D eigenvalue weighted by molar-refractivity contribution is 5.79. The Labute approximate surface area is 76.5 Å². The van der Waals surface area contributed by atoms with Crippen LogP contribution in [-0.2, 0) is 0 Å². The molecule has 0 spiro atoms. The Morgan fingerprint density at radius 1 is 1.08 bits per heavy atom. The molecule has 1 N–H and O–H groups in total. The molecule has 0 saturated heterocycles. The van der Waals surface area contributed by atoms with Crippen molar-refractivity contribution in [2.24, 2.45) is 16.8 Å². The topological polar surface area (TPSA) is 24.4 Å². The van der Waals surface area contributed by atoms with Crippen molar-refractivity contribution >= 4 is 5.84 Å². The van der Waals surface area contributed by atoms with Crippen molar-refractivity contribution in [2.75, 3.05) is 7.05 Å². The molecule has 0 heterocycles. The highest BCUT2D eigenvalue weighted by Gasteiger charge is 2.16. The Bertz CT molecular complexity index is 140. The summed E-state index contributed by atoms with van der Waals surface area (Å²) in [6, 6.07) is 0.536. The Morgan fingerprint density at radius 2 is 1.50 bits per heavy atom. The van der Waals surface area contributed by atoms with Gasteiger partial charge in [0.15, 0.2) is 0 Å². The summed E-state index contributed by atoms with van der Waals surface area (Å²) >= 11 is 0. The molecule has 12 heavy (non-hydrogen) atoms. The van der Waals surface area contributed by atoms with Gasteiger partial charge in [0, 0.05) is 13.1 Å². The van der Waals surface area contributed by atoms with Crippen LogP contribution in [0, 0.1) is 11.8 Å². The van der Waals surface area contributed by atoms with E-state index in [0.29, 0.717) is 17.9 Å². The number of amidine groups is 1. The molecule has 2 nitrogen and oxygen atoms in total. The molecule has 0 aromatic carbocycles. The van der Waals surface area contributed by atoms with Crippen LogP contribution in [0.4, 0.5) is 0 Å². The van der Waals surface area contributed by atoms with Gasteiger partial charge in [-0.2, -0.15) is 0 Å². The fourth-order valence-corrected chi connectivity index (χ4v) is 1.41. The highest BCUT2D eigenvalue weighted by atomic mass is 15.0. The summed E-state index contributed by atoms with van der Waals surface area (Å²) in [5.41, 5.74) is 0. The lowest BCUT2D eigenvalue weighted by Gasteiger charge is -2.26. The number of aliphatic imine (C=N–C) groups is 1. The molecule has 0 unspecified atom stereocenters. The fourth-order valence-electron chi connectivity index (χ4n) is 1.41. The summed E-state index contributed by atoms with van der Waals surface area (Å²) in [4.78, 5) is 4.10. The first-order valence-electron chi connectivity index (χ1n) is 4.69. The van der Waals surface area contributed by atoms with E-state index in [1.807, 2.05) is 14.0 Å². The molecule has 0 aliphatic rings. The number of nitrogens with zero attached hydrogens (tertiary/aromatic N) is 1. The van der Waals surface area contributed by atoms with Crippen molar-refractivity contribution < 1.29 is 0 Å². The third kappa shape index (κ3) is 3.74. The van der Waals surface area contributed by atoms with Crippen LogP contribution in [0.5, 0.6) is 0 Å². The van der Waals surface area contributed by atoms with Crippen LogP contribution < -0.4 is 5.32 Å². The van der Waals surface area contributed by atoms with Crippen LogP contribution in [0.2, 0.25) is 0 Å². The van der Waals surface area contributed by atoms with Crippen LogP contribution in [-0.4, -0.2) is 18.9 Å². The third-order valence-corrected chi connectivity index (χ3v) is 2.15. The zero-order valence-corrected chi connectivity index (χ0v) is 9.18. The molecule has 0 saturated carbocycles. The van der Waals surface area contributed by atoms with Crippen LogP contribution in [0.25, 0.3) is 0 Å². The molecule has 0 rings (SSSR count). The van der Waals surface area contributed by atoms with E-state index in [0.717, 1.165) is 5.84 Å². The van der Waals surface area contributed by atoms with Crippen molar-refractivity contribution in [2.45, 2.75) is 40.7 Å². The molecule has 0 bridgehead atoms. The largest absolute Gasteiger partial charge is 0.371 e. The number of rotatable bonds is 3. The molecule has 72 valence electrons. The number of nitrogens with one attached hydrogen (secondary N) is 1. The molecule has 0 fully saturated rings. The van der Waals surface area contributed by atoms with Gasteiger partial charge < -0.3 is 5.32 Å². The molecule has 0 aliphatic carbocycles. The average Bonchev–Trinajstić information content (AvgIpc) is 1.98. The predicted molar refractivity (Wildman–Crippen MR) is 55.6 cm³/mol. The van der Waals surface area contributed by atoms with Gasteiger partial charge in [0.25, 0.3) is 0 Å². The molecule has 0 amide bonds. The molecular weight excluding hydrogens is 148 g/mol. The fraction of sp³-hybridized carbons (Fsp3) is 0.900. The number of hydrogen-bond acceptors (Lipinski definition) is 1. The van der Waals surface area contributed by atoms with Gasteiger partial charge in [0.2, 0.25) is 0 Å². The third-order valence-electron chi connectivity index (χ3n) is 2.15. The summed E-state index contributed by atoms with van der Waals surface area (Å²) in [6.07, 6.45) is 0. The zero-order valence-electron chi connectivity index (χ0n) is 9.18. The summed E-state index contributed by atoms with van der Waals surface area (Å²) in [7, 11) is 1.82. The first kappa shape index (κ1) is 11.5. The average molecular weight is 170 g/mol. The second kappa shape index (κ2) is 5.18. The molecule has 0 radical (unpaired) electrons. The first-order valence-corrected chi connectivity index (χ1v) is 4.69. The van der Waals surface area contributed by atoms with E-state index in [4.69, 9.17) is 0 Å². The van der Waals surface area contributed by atoms with Gasteiger partial charge >= 0.3 is 0 Å². The van der Waals surface area contributed by atoms with E-state index in [1.165, 1.54) is 0 Å². The first-order chi connectivity index (χ1) is 5.49. The lowest BCUT2D eigenvalue weighted by Crippen LogP contribution is -2.41. The van der Waals surface area contributed by atoms with Crippen molar-refractivity contribution in [1.82, 2.24) is 5.32 Å². The second-order valence-corrected chi connectivity index (χ2v) is 3.97. The van der Waals surface area contributed by atoms with Crippen molar-refractivity contribution in [3.8, 4) is 0 Å². The smallest absolute Gasteiger partial charge is 0.0930 e. The Balaban J connectivity index is 4.14. The van der Waals surface area contributed by atoms with Crippen LogP contribution in [0.15, 0.2) is 4.99 Å². The maximum absolute atomic E-state index is 4.10. The van der Waals surface area contributed by atoms with E-state index in [9.17, 15) is 0 Å². The van der Waals surface area contributed by atoms with E-state index < -0.39 is 0 Å². The van der Waals surface area contributed by atoms with Crippen molar-refractivity contribution in [1.29, 1.82) is 0 Å². The van der Waals surface area contributed by atoms with E-state index in [2.05, 4.69) is 38.0 Å². The SMILES string of the molecule is C/N=C(/C)NC(C(C)C)C(C)C. The van der Waals surface area contributed by atoms with Crippen LogP contribution >= 0.6 is 0 Å². The van der Waals surface area contributed by atoms with Crippen molar-refractivity contribution in [3.63, 3.8) is 0 Å². The lowest BCUT2D eigenvalue weighted by atomic mass is 9.93. The van der Waals surface area contributed by atoms with E-state index in [1.54, 1.807) is 0 Å². The Morgan fingerprint density at radius 3 is 1.75 bits per heavy atom. The zero-order chi connectivity index (χ0) is 9.72. The summed E-state index contributed by atoms with van der Waals surface area (Å²) in [6.45, 7) is 11.0. The quantitative estimate of drug-likeness (QED) is 0.510. The van der Waals surface area contributed by atoms with Crippen LogP contribution in [0.3, 0.4) is 0 Å². The Kier molecular flexibility index (Phi) is 4.95. The van der Waals surface area contributed by atoms with E-state index >= 15 is 0 Å². The number of hydrogen-bond donors (Lipinski definition) is 1. The summed E-state index contributed by atoms with van der Waals surface area (Å²) in [5.74, 6) is 2.34. The van der Waals surface area contributed by atoms with Gasteiger partial charge in [0.1, 0.15) is 0 Å². The van der Waals surface area contributed by atoms with Gasteiger partial charge in [-0.1, -0.05) is 27.7 Å². The van der Waals surface area contributed by atoms with Crippen LogP contribution in [0.1, 0.15) is 34.6 Å². The molecule has 0 aromatic heterocycles. The Hall–Kier alpha value is -0.530. The molecule has 0 aromatic rings. The maximum atomic E-state index is 4.10. The highest BCUT2D eigenvalue weighted by Crippen LogP contribution is 2.11. The van der Waals surface area contributed by atoms with Gasteiger partial charge in [-0.25, -0.2) is 0 Å². The predicted octanol–water partition coefficient (Wildman–Crippen LogP) is 2.30. The van der Waals surface area contributed by atoms with Gasteiger partial charge in [-0.15, -0.1) is 0 Å². The normalized spacial score (nSPS) is 13.2. The van der Waals surface area contributed by atoms with Gasteiger partial charge in [-0.3, -0.25) is 4.99 Å². The molecule has 0 aliphatic heterocycles. The van der Waals surface area contributed by atoms with Crippen molar-refractivity contribution in [3.05, 3.63) is 0 Å². The monoisotopic (exact) mass is 170 g/mol. The standard InChI is InChI=1S/C10H22N2/c1-7(2)10(8(3)4)12-9(5)11-6/h7-8,10H,1-6H3,(H,11,12). The summed E-state index contributed by atoms with van der Waals surface area (Å²) < 4.78 is 0. The second-order valence-electron chi connectivity index (χ2n) is 3.97. The maximum Gasteiger partial charge on any atom is 0.0930 e. The lowest BCUT2D eigenvalue weighted by molar-refractivity contribution is 0.354. The van der Waals surface area contributed by atoms with Gasteiger partial charge in [-0.05, 0) is 18.8 Å².